The van der Waals surface area contributed by atoms with Crippen molar-refractivity contribution < 1.29 is 13.2 Å². The van der Waals surface area contributed by atoms with E-state index < -0.39 is 10.0 Å². The molecule has 140 valence electrons. The Balaban J connectivity index is 1.65. The van der Waals surface area contributed by atoms with Crippen molar-refractivity contribution in [2.24, 2.45) is 7.05 Å². The van der Waals surface area contributed by atoms with Gasteiger partial charge >= 0.3 is 6.03 Å². The molecule has 1 fully saturated rings. The van der Waals surface area contributed by atoms with Crippen LogP contribution in [0.15, 0.2) is 47.6 Å². The summed E-state index contributed by atoms with van der Waals surface area (Å²) in [6, 6.07) is 8.50. The molecule has 8 nitrogen and oxygen atoms in total. The molecular weight excluding hydrogens is 354 g/mol. The maximum absolute atomic E-state index is 12.9. The monoisotopic (exact) mass is 377 g/mol. The lowest BCUT2D eigenvalue weighted by atomic mass is 10.1. The first kappa shape index (κ1) is 18.4. The molecule has 3 rings (SSSR count). The Morgan fingerprint density at radius 2 is 2.04 bits per heavy atom. The van der Waals surface area contributed by atoms with Gasteiger partial charge in [0.15, 0.2) is 0 Å². The molecule has 1 aliphatic rings. The number of hydrogen-bond donors (Lipinski definition) is 2. The van der Waals surface area contributed by atoms with Gasteiger partial charge in [-0.05, 0) is 25.0 Å². The van der Waals surface area contributed by atoms with Gasteiger partial charge in [0.25, 0.3) is 0 Å². The summed E-state index contributed by atoms with van der Waals surface area (Å²) in [6.45, 7) is 0.710. The predicted octanol–water partition coefficient (Wildman–Crippen LogP) is 1.78. The number of aromatic nitrogens is 2. The van der Waals surface area contributed by atoms with Crippen molar-refractivity contribution in [3.05, 3.63) is 42.7 Å². The Morgan fingerprint density at radius 3 is 2.73 bits per heavy atom. The number of anilines is 1. The summed E-state index contributed by atoms with van der Waals surface area (Å²) in [6.07, 6.45) is 5.32. The zero-order valence-corrected chi connectivity index (χ0v) is 15.4. The highest BCUT2D eigenvalue weighted by molar-refractivity contribution is 7.89. The topological polar surface area (TPSA) is 96.3 Å². The molecule has 0 radical (unpaired) electrons. The summed E-state index contributed by atoms with van der Waals surface area (Å²) in [5, 5.41) is 9.48. The molecule has 1 aromatic carbocycles. The maximum Gasteiger partial charge on any atom is 0.319 e. The highest BCUT2D eigenvalue weighted by atomic mass is 32.2. The second kappa shape index (κ2) is 7.88. The molecule has 1 saturated heterocycles. The van der Waals surface area contributed by atoms with Gasteiger partial charge in [-0.25, -0.2) is 13.2 Å². The average Bonchev–Trinajstić information content (AvgIpc) is 3.08. The van der Waals surface area contributed by atoms with E-state index in [1.54, 1.807) is 19.2 Å². The molecule has 2 aromatic rings. The smallest absolute Gasteiger partial charge is 0.319 e. The lowest BCUT2D eigenvalue weighted by molar-refractivity contribution is 0.231. The fourth-order valence-corrected chi connectivity index (χ4v) is 4.75. The van der Waals surface area contributed by atoms with Crippen molar-refractivity contribution in [3.63, 3.8) is 0 Å². The molecule has 0 aliphatic carbocycles. The molecule has 0 spiro atoms. The Kier molecular flexibility index (Phi) is 5.58. The molecule has 2 amide bonds. The summed E-state index contributed by atoms with van der Waals surface area (Å²) < 4.78 is 28.7. The lowest BCUT2D eigenvalue weighted by Crippen LogP contribution is -2.49. The third-order valence-electron chi connectivity index (χ3n) is 4.39. The zero-order chi connectivity index (χ0) is 18.6. The number of nitrogens with zero attached hydrogens (tertiary/aromatic N) is 3. The SMILES string of the molecule is Cn1cc(S(=O)(=O)N2CCCC[C@@H]2CNC(=O)Nc2ccccc2)cn1. The standard InChI is InChI=1S/C17H23N5O3S/c1-21-13-16(12-19-21)26(24,25)22-10-6-5-9-15(22)11-18-17(23)20-14-7-3-2-4-8-14/h2-4,7-8,12-13,15H,5-6,9-11H2,1H3,(H2,18,20,23)/t15-/m1/s1. The molecule has 1 aliphatic heterocycles. The van der Waals surface area contributed by atoms with Gasteiger partial charge in [-0.1, -0.05) is 24.6 Å². The maximum atomic E-state index is 12.9. The molecule has 26 heavy (non-hydrogen) atoms. The fraction of sp³-hybridized carbons (Fsp3) is 0.412. The molecular formula is C17H23N5O3S. The fourth-order valence-electron chi connectivity index (χ4n) is 3.07. The van der Waals surface area contributed by atoms with Crippen LogP contribution in [-0.4, -0.2) is 47.7 Å². The van der Waals surface area contributed by atoms with Crippen LogP contribution in [0.4, 0.5) is 10.5 Å². The van der Waals surface area contributed by atoms with E-state index in [0.717, 1.165) is 12.8 Å². The van der Waals surface area contributed by atoms with Crippen LogP contribution in [0.1, 0.15) is 19.3 Å². The second-order valence-corrected chi connectivity index (χ2v) is 8.21. The number of para-hydroxylation sites is 1. The average molecular weight is 377 g/mol. The molecule has 1 aromatic heterocycles. The summed E-state index contributed by atoms with van der Waals surface area (Å²) >= 11 is 0. The normalized spacial score (nSPS) is 18.4. The summed E-state index contributed by atoms with van der Waals surface area (Å²) in [5.41, 5.74) is 0.688. The van der Waals surface area contributed by atoms with Gasteiger partial charge in [-0.15, -0.1) is 0 Å². The third-order valence-corrected chi connectivity index (χ3v) is 6.30. The van der Waals surface area contributed by atoms with Gasteiger partial charge in [0, 0.05) is 38.1 Å². The van der Waals surface area contributed by atoms with Gasteiger partial charge in [-0.3, -0.25) is 4.68 Å². The number of amides is 2. The number of aryl methyl sites for hydroxylation is 1. The van der Waals surface area contributed by atoms with Crippen LogP contribution in [0.25, 0.3) is 0 Å². The van der Waals surface area contributed by atoms with Crippen LogP contribution in [0, 0.1) is 0 Å². The van der Waals surface area contributed by atoms with Crippen LogP contribution in [0.5, 0.6) is 0 Å². The van der Waals surface area contributed by atoms with Crippen LogP contribution < -0.4 is 10.6 Å². The van der Waals surface area contributed by atoms with Crippen molar-refractivity contribution in [2.75, 3.05) is 18.4 Å². The van der Waals surface area contributed by atoms with Crippen molar-refractivity contribution in [3.8, 4) is 0 Å². The second-order valence-electron chi connectivity index (χ2n) is 6.32. The largest absolute Gasteiger partial charge is 0.336 e. The van der Waals surface area contributed by atoms with E-state index >= 15 is 0 Å². The Bertz CT molecular complexity index is 850. The number of benzene rings is 1. The first-order valence-corrected chi connectivity index (χ1v) is 10.0. The predicted molar refractivity (Wildman–Crippen MR) is 98.2 cm³/mol. The van der Waals surface area contributed by atoms with Crippen molar-refractivity contribution in [1.82, 2.24) is 19.4 Å². The highest BCUT2D eigenvalue weighted by Gasteiger charge is 2.34. The molecule has 2 N–H and O–H groups in total. The number of carbonyl (C=O) groups excluding carboxylic acids is 1. The summed E-state index contributed by atoms with van der Waals surface area (Å²) in [4.78, 5) is 12.3. The number of piperidine rings is 1. The van der Waals surface area contributed by atoms with E-state index in [1.165, 1.54) is 21.4 Å². The molecule has 2 heterocycles. The number of nitrogens with one attached hydrogen (secondary N) is 2. The van der Waals surface area contributed by atoms with Gasteiger partial charge in [-0.2, -0.15) is 9.40 Å². The lowest BCUT2D eigenvalue weighted by Gasteiger charge is -2.34. The number of hydrogen-bond acceptors (Lipinski definition) is 4. The Morgan fingerprint density at radius 1 is 1.27 bits per heavy atom. The summed E-state index contributed by atoms with van der Waals surface area (Å²) in [5.74, 6) is 0. The van der Waals surface area contributed by atoms with Crippen molar-refractivity contribution >= 4 is 21.7 Å². The molecule has 0 bridgehead atoms. The van der Waals surface area contributed by atoms with Crippen molar-refractivity contribution in [1.29, 1.82) is 0 Å². The van der Waals surface area contributed by atoms with Crippen LogP contribution >= 0.6 is 0 Å². The van der Waals surface area contributed by atoms with Gasteiger partial charge in [0.1, 0.15) is 4.90 Å². The number of carbonyl (C=O) groups is 1. The number of urea groups is 1. The third kappa shape index (κ3) is 4.23. The van der Waals surface area contributed by atoms with Crippen LogP contribution in [0.2, 0.25) is 0 Å². The van der Waals surface area contributed by atoms with E-state index in [-0.39, 0.29) is 23.5 Å². The Labute approximate surface area is 153 Å². The van der Waals surface area contributed by atoms with Gasteiger partial charge in [0.05, 0.1) is 6.20 Å². The molecule has 9 heteroatoms. The molecule has 0 saturated carbocycles. The quantitative estimate of drug-likeness (QED) is 0.830. The molecule has 0 unspecified atom stereocenters. The van der Waals surface area contributed by atoms with Gasteiger partial charge in [0.2, 0.25) is 10.0 Å². The first-order chi connectivity index (χ1) is 12.5. The Hall–Kier alpha value is -2.39. The minimum absolute atomic E-state index is 0.181. The minimum Gasteiger partial charge on any atom is -0.336 e. The van der Waals surface area contributed by atoms with Crippen LogP contribution in [0.3, 0.4) is 0 Å². The van der Waals surface area contributed by atoms with Gasteiger partial charge < -0.3 is 10.6 Å². The van der Waals surface area contributed by atoms with Crippen LogP contribution in [-0.2, 0) is 17.1 Å². The van der Waals surface area contributed by atoms with E-state index in [9.17, 15) is 13.2 Å². The van der Waals surface area contributed by atoms with E-state index in [4.69, 9.17) is 0 Å². The highest BCUT2D eigenvalue weighted by Crippen LogP contribution is 2.24. The van der Waals surface area contributed by atoms with Crippen molar-refractivity contribution in [2.45, 2.75) is 30.2 Å². The van der Waals surface area contributed by atoms with E-state index in [2.05, 4.69) is 15.7 Å². The minimum atomic E-state index is -3.62. The molecule has 1 atom stereocenters. The number of rotatable bonds is 5. The summed E-state index contributed by atoms with van der Waals surface area (Å²) in [7, 11) is -1.94. The van der Waals surface area contributed by atoms with E-state index in [1.807, 2.05) is 18.2 Å². The first-order valence-electron chi connectivity index (χ1n) is 8.57. The number of sulfonamides is 1. The zero-order valence-electron chi connectivity index (χ0n) is 14.6. The van der Waals surface area contributed by atoms with E-state index in [0.29, 0.717) is 18.7 Å².